The highest BCUT2D eigenvalue weighted by atomic mass is 15.4. The Morgan fingerprint density at radius 2 is 2.16 bits per heavy atom. The first-order valence-corrected chi connectivity index (χ1v) is 8.80. The van der Waals surface area contributed by atoms with E-state index < -0.39 is 0 Å². The lowest BCUT2D eigenvalue weighted by Crippen LogP contribution is -2.33. The maximum absolute atomic E-state index is 4.34. The number of aromatic nitrogens is 5. The van der Waals surface area contributed by atoms with E-state index in [0.717, 1.165) is 44.0 Å². The maximum Gasteiger partial charge on any atom is 0.0738 e. The van der Waals surface area contributed by atoms with Crippen LogP contribution in [0.25, 0.3) is 5.69 Å². The summed E-state index contributed by atoms with van der Waals surface area (Å²) in [6.45, 7) is 3.59. The smallest absolute Gasteiger partial charge is 0.0738 e. The third-order valence-corrected chi connectivity index (χ3v) is 4.63. The molecule has 1 saturated heterocycles. The van der Waals surface area contributed by atoms with Crippen molar-refractivity contribution in [3.63, 3.8) is 0 Å². The molecule has 7 heteroatoms. The fourth-order valence-electron chi connectivity index (χ4n) is 3.36. The summed E-state index contributed by atoms with van der Waals surface area (Å²) in [5, 5.41) is 19.7. The van der Waals surface area contributed by atoms with Gasteiger partial charge in [-0.3, -0.25) is 0 Å². The van der Waals surface area contributed by atoms with Gasteiger partial charge in [-0.1, -0.05) is 23.4 Å². The Morgan fingerprint density at radius 3 is 3.00 bits per heavy atom. The Balaban J connectivity index is 1.42. The molecule has 0 saturated carbocycles. The lowest BCUT2D eigenvalue weighted by atomic mass is 10.1. The van der Waals surface area contributed by atoms with Gasteiger partial charge in [0.25, 0.3) is 0 Å². The Morgan fingerprint density at radius 1 is 1.20 bits per heavy atom. The fourth-order valence-corrected chi connectivity index (χ4v) is 3.36. The van der Waals surface area contributed by atoms with E-state index in [2.05, 4.69) is 48.9 Å². The molecule has 0 bridgehead atoms. The second-order valence-corrected chi connectivity index (χ2v) is 6.35. The minimum Gasteiger partial charge on any atom is -0.315 e. The van der Waals surface area contributed by atoms with E-state index in [1.807, 2.05) is 29.2 Å². The molecule has 3 heterocycles. The zero-order valence-electron chi connectivity index (χ0n) is 14.2. The monoisotopic (exact) mass is 337 g/mol. The highest BCUT2D eigenvalue weighted by Crippen LogP contribution is 2.17. The molecule has 4 rings (SSSR count). The van der Waals surface area contributed by atoms with Gasteiger partial charge in [-0.15, -0.1) is 5.10 Å². The molecule has 0 aliphatic carbocycles. The number of benzene rings is 1. The van der Waals surface area contributed by atoms with Gasteiger partial charge in [-0.2, -0.15) is 5.10 Å². The second kappa shape index (κ2) is 7.58. The Kier molecular flexibility index (Phi) is 4.85. The molecule has 1 atom stereocenters. The quantitative estimate of drug-likeness (QED) is 0.716. The zero-order chi connectivity index (χ0) is 16.9. The largest absolute Gasteiger partial charge is 0.315 e. The number of para-hydroxylation sites is 1. The maximum atomic E-state index is 4.34. The van der Waals surface area contributed by atoms with Crippen LogP contribution in [0.1, 0.15) is 30.1 Å². The Labute approximate surface area is 147 Å². The van der Waals surface area contributed by atoms with Gasteiger partial charge in [0, 0.05) is 32.0 Å². The molecule has 2 N–H and O–H groups in total. The third-order valence-electron chi connectivity index (χ3n) is 4.63. The second-order valence-electron chi connectivity index (χ2n) is 6.35. The number of rotatable bonds is 6. The van der Waals surface area contributed by atoms with Gasteiger partial charge < -0.3 is 10.6 Å². The molecule has 1 aliphatic rings. The highest BCUT2D eigenvalue weighted by Gasteiger charge is 2.18. The lowest BCUT2D eigenvalue weighted by Gasteiger charge is -2.24. The van der Waals surface area contributed by atoms with Gasteiger partial charge in [0.1, 0.15) is 0 Å². The van der Waals surface area contributed by atoms with E-state index in [0.29, 0.717) is 6.04 Å². The van der Waals surface area contributed by atoms with Crippen LogP contribution in [0.5, 0.6) is 0 Å². The SMILES string of the molecule is c1ccc(-n2cccn2)c(CNCc2cnnn2C2CCCNC2)c1. The molecular weight excluding hydrogens is 314 g/mol. The van der Waals surface area contributed by atoms with Crippen molar-refractivity contribution < 1.29 is 0 Å². The highest BCUT2D eigenvalue weighted by molar-refractivity contribution is 5.40. The van der Waals surface area contributed by atoms with Gasteiger partial charge >= 0.3 is 0 Å². The lowest BCUT2D eigenvalue weighted by molar-refractivity contribution is 0.331. The predicted octanol–water partition coefficient (Wildman–Crippen LogP) is 1.68. The molecule has 3 aromatic rings. The molecule has 1 fully saturated rings. The van der Waals surface area contributed by atoms with Crippen molar-refractivity contribution in [2.75, 3.05) is 13.1 Å². The van der Waals surface area contributed by atoms with Crippen LogP contribution in [-0.2, 0) is 13.1 Å². The van der Waals surface area contributed by atoms with Crippen LogP contribution in [-0.4, -0.2) is 37.9 Å². The summed E-state index contributed by atoms with van der Waals surface area (Å²) in [6, 6.07) is 10.7. The number of nitrogens with zero attached hydrogens (tertiary/aromatic N) is 5. The molecule has 130 valence electrons. The minimum atomic E-state index is 0.407. The minimum absolute atomic E-state index is 0.407. The summed E-state index contributed by atoms with van der Waals surface area (Å²) in [4.78, 5) is 0. The molecule has 0 spiro atoms. The molecule has 1 aromatic carbocycles. The number of hydrogen-bond acceptors (Lipinski definition) is 5. The molecule has 7 nitrogen and oxygen atoms in total. The molecule has 1 unspecified atom stereocenters. The summed E-state index contributed by atoms with van der Waals surface area (Å²) in [5.74, 6) is 0. The van der Waals surface area contributed by atoms with Gasteiger partial charge in [0.05, 0.1) is 23.6 Å². The van der Waals surface area contributed by atoms with Gasteiger partial charge in [0.15, 0.2) is 0 Å². The van der Waals surface area contributed by atoms with Crippen molar-refractivity contribution >= 4 is 0 Å². The first-order valence-electron chi connectivity index (χ1n) is 8.80. The van der Waals surface area contributed by atoms with Crippen molar-refractivity contribution in [3.05, 3.63) is 60.2 Å². The van der Waals surface area contributed by atoms with Crippen LogP contribution in [0.3, 0.4) is 0 Å². The molecule has 0 amide bonds. The van der Waals surface area contributed by atoms with Crippen molar-refractivity contribution in [2.24, 2.45) is 0 Å². The van der Waals surface area contributed by atoms with Crippen LogP contribution in [0.2, 0.25) is 0 Å². The number of nitrogens with one attached hydrogen (secondary N) is 2. The van der Waals surface area contributed by atoms with Gasteiger partial charge in [0.2, 0.25) is 0 Å². The van der Waals surface area contributed by atoms with Crippen molar-refractivity contribution in [2.45, 2.75) is 32.0 Å². The standard InChI is InChI=1S/C18H23N7/c1-2-7-18(24-10-4-9-22-24)15(5-1)11-20-13-17-14-21-23-25(17)16-6-3-8-19-12-16/h1-2,4-5,7,9-10,14,16,19-20H,3,6,8,11-13H2. The van der Waals surface area contributed by atoms with E-state index in [1.165, 1.54) is 12.0 Å². The van der Waals surface area contributed by atoms with Crippen molar-refractivity contribution in [3.8, 4) is 5.69 Å². The third kappa shape index (κ3) is 3.62. The predicted molar refractivity (Wildman–Crippen MR) is 95.3 cm³/mol. The van der Waals surface area contributed by atoms with Crippen LogP contribution in [0.4, 0.5) is 0 Å². The number of piperidine rings is 1. The van der Waals surface area contributed by atoms with Crippen molar-refractivity contribution in [1.82, 2.24) is 35.4 Å². The van der Waals surface area contributed by atoms with E-state index in [-0.39, 0.29) is 0 Å². The van der Waals surface area contributed by atoms with E-state index >= 15 is 0 Å². The molecule has 0 radical (unpaired) electrons. The molecule has 1 aliphatic heterocycles. The van der Waals surface area contributed by atoms with E-state index in [9.17, 15) is 0 Å². The van der Waals surface area contributed by atoms with Crippen LogP contribution >= 0.6 is 0 Å². The average Bonchev–Trinajstić information content (AvgIpc) is 3.35. The number of hydrogen-bond donors (Lipinski definition) is 2. The Bertz CT molecular complexity index is 787. The van der Waals surface area contributed by atoms with E-state index in [4.69, 9.17) is 0 Å². The van der Waals surface area contributed by atoms with E-state index in [1.54, 1.807) is 6.20 Å². The zero-order valence-corrected chi connectivity index (χ0v) is 14.2. The van der Waals surface area contributed by atoms with Gasteiger partial charge in [-0.05, 0) is 37.1 Å². The summed E-state index contributed by atoms with van der Waals surface area (Å²) >= 11 is 0. The first-order chi connectivity index (χ1) is 12.4. The summed E-state index contributed by atoms with van der Waals surface area (Å²) in [6.07, 6.45) is 7.97. The molecule has 2 aromatic heterocycles. The first kappa shape index (κ1) is 16.0. The van der Waals surface area contributed by atoms with Crippen molar-refractivity contribution in [1.29, 1.82) is 0 Å². The van der Waals surface area contributed by atoms with Crippen LogP contribution in [0, 0.1) is 0 Å². The van der Waals surface area contributed by atoms with Gasteiger partial charge in [-0.25, -0.2) is 9.36 Å². The summed E-state index contributed by atoms with van der Waals surface area (Å²) in [7, 11) is 0. The normalized spacial score (nSPS) is 17.7. The fraction of sp³-hybridized carbons (Fsp3) is 0.389. The summed E-state index contributed by atoms with van der Waals surface area (Å²) in [5.41, 5.74) is 3.44. The van der Waals surface area contributed by atoms with Crippen LogP contribution in [0.15, 0.2) is 48.9 Å². The average molecular weight is 337 g/mol. The topological polar surface area (TPSA) is 72.6 Å². The molecular formula is C18H23N7. The summed E-state index contributed by atoms with van der Waals surface area (Å²) < 4.78 is 3.97. The van der Waals surface area contributed by atoms with Crippen LogP contribution < -0.4 is 10.6 Å². The molecule has 25 heavy (non-hydrogen) atoms. The Hall–Kier alpha value is -2.51.